The van der Waals surface area contributed by atoms with Gasteiger partial charge in [0.1, 0.15) is 0 Å². The Morgan fingerprint density at radius 3 is 1.11 bits per heavy atom. The standard InChI is InChI=1S/C23H48O4S/c1-3-5-7-8-9-10-11-12-13-14-15-16-17-18-20-22-23(24,28(25,26)27)21-19-6-4-2/h24H,3-22H2,1-2H3,(H,25,26,27). The van der Waals surface area contributed by atoms with Crippen LogP contribution in [0.2, 0.25) is 0 Å². The Labute approximate surface area is 175 Å². The van der Waals surface area contributed by atoms with Crippen LogP contribution in [0.25, 0.3) is 0 Å². The van der Waals surface area contributed by atoms with Gasteiger partial charge in [-0.2, -0.15) is 8.42 Å². The van der Waals surface area contributed by atoms with Crippen molar-refractivity contribution in [2.24, 2.45) is 0 Å². The molecule has 0 rings (SSSR count). The average Bonchev–Trinajstić information content (AvgIpc) is 2.64. The minimum Gasteiger partial charge on any atom is -0.372 e. The van der Waals surface area contributed by atoms with Gasteiger partial charge in [-0.1, -0.05) is 117 Å². The first-order valence-corrected chi connectivity index (χ1v) is 13.5. The number of aliphatic hydroxyl groups is 1. The van der Waals surface area contributed by atoms with Gasteiger partial charge in [-0.15, -0.1) is 0 Å². The van der Waals surface area contributed by atoms with E-state index >= 15 is 0 Å². The Morgan fingerprint density at radius 1 is 0.536 bits per heavy atom. The summed E-state index contributed by atoms with van der Waals surface area (Å²) < 4.78 is 32.4. The molecule has 0 radical (unpaired) electrons. The van der Waals surface area contributed by atoms with E-state index in [4.69, 9.17) is 0 Å². The molecule has 0 aliphatic carbocycles. The Bertz CT molecular complexity index is 436. The molecule has 0 aromatic heterocycles. The summed E-state index contributed by atoms with van der Waals surface area (Å²) in [6, 6.07) is 0. The van der Waals surface area contributed by atoms with Crippen molar-refractivity contribution >= 4 is 10.1 Å². The van der Waals surface area contributed by atoms with Gasteiger partial charge in [0.15, 0.2) is 4.93 Å². The second kappa shape index (κ2) is 17.7. The Kier molecular flexibility index (Phi) is 17.6. The summed E-state index contributed by atoms with van der Waals surface area (Å²) in [6.07, 6.45) is 21.5. The van der Waals surface area contributed by atoms with Crippen molar-refractivity contribution in [3.63, 3.8) is 0 Å². The zero-order valence-corrected chi connectivity index (χ0v) is 19.6. The van der Waals surface area contributed by atoms with Crippen molar-refractivity contribution in [2.75, 3.05) is 0 Å². The van der Waals surface area contributed by atoms with Crippen LogP contribution in [0.4, 0.5) is 0 Å². The minimum atomic E-state index is -4.41. The van der Waals surface area contributed by atoms with Crippen molar-refractivity contribution in [3.8, 4) is 0 Å². The zero-order chi connectivity index (χ0) is 21.1. The molecule has 0 aromatic rings. The molecule has 0 spiro atoms. The van der Waals surface area contributed by atoms with Gasteiger partial charge in [-0.25, -0.2) is 0 Å². The molecule has 5 heteroatoms. The van der Waals surface area contributed by atoms with Crippen LogP contribution in [0.5, 0.6) is 0 Å². The summed E-state index contributed by atoms with van der Waals surface area (Å²) >= 11 is 0. The fourth-order valence-electron chi connectivity index (χ4n) is 3.81. The predicted octanol–water partition coefficient (Wildman–Crippen LogP) is 7.40. The molecule has 0 fully saturated rings. The number of hydrogen-bond donors (Lipinski definition) is 2. The smallest absolute Gasteiger partial charge is 0.294 e. The first-order chi connectivity index (χ1) is 13.4. The highest BCUT2D eigenvalue weighted by atomic mass is 32.2. The van der Waals surface area contributed by atoms with E-state index in [1.54, 1.807) is 0 Å². The van der Waals surface area contributed by atoms with E-state index in [1.165, 1.54) is 77.0 Å². The van der Waals surface area contributed by atoms with Crippen LogP contribution in [-0.4, -0.2) is 23.0 Å². The predicted molar refractivity (Wildman–Crippen MR) is 120 cm³/mol. The van der Waals surface area contributed by atoms with Crippen molar-refractivity contribution in [1.29, 1.82) is 0 Å². The highest BCUT2D eigenvalue weighted by Crippen LogP contribution is 2.27. The minimum absolute atomic E-state index is 0.137. The first-order valence-electron chi connectivity index (χ1n) is 12.1. The molecule has 0 amide bonds. The highest BCUT2D eigenvalue weighted by Gasteiger charge is 2.39. The normalized spacial score (nSPS) is 14.3. The molecule has 4 nitrogen and oxygen atoms in total. The van der Waals surface area contributed by atoms with Crippen molar-refractivity contribution in [3.05, 3.63) is 0 Å². The second-order valence-corrected chi connectivity index (χ2v) is 10.3. The summed E-state index contributed by atoms with van der Waals surface area (Å²) in [6.45, 7) is 4.29. The summed E-state index contributed by atoms with van der Waals surface area (Å²) in [7, 11) is -4.41. The maximum absolute atomic E-state index is 11.5. The summed E-state index contributed by atoms with van der Waals surface area (Å²) in [5.74, 6) is 0. The van der Waals surface area contributed by atoms with Crippen molar-refractivity contribution in [2.45, 2.75) is 147 Å². The van der Waals surface area contributed by atoms with Crippen LogP contribution in [-0.2, 0) is 10.1 Å². The molecule has 28 heavy (non-hydrogen) atoms. The quantitative estimate of drug-likeness (QED) is 0.150. The van der Waals surface area contributed by atoms with Crippen LogP contribution in [0, 0.1) is 0 Å². The zero-order valence-electron chi connectivity index (χ0n) is 18.8. The number of hydrogen-bond acceptors (Lipinski definition) is 3. The second-order valence-electron chi connectivity index (χ2n) is 8.58. The fourth-order valence-corrected chi connectivity index (χ4v) is 4.61. The Morgan fingerprint density at radius 2 is 0.786 bits per heavy atom. The third-order valence-electron chi connectivity index (χ3n) is 5.82. The summed E-state index contributed by atoms with van der Waals surface area (Å²) in [4.78, 5) is -1.95. The highest BCUT2D eigenvalue weighted by molar-refractivity contribution is 7.87. The first kappa shape index (κ1) is 27.9. The molecule has 170 valence electrons. The van der Waals surface area contributed by atoms with Gasteiger partial charge in [0.25, 0.3) is 10.1 Å². The molecule has 0 saturated carbocycles. The Hall–Kier alpha value is -0.130. The lowest BCUT2D eigenvalue weighted by molar-refractivity contribution is 0.0886. The van der Waals surface area contributed by atoms with Crippen LogP contribution in [0.1, 0.15) is 142 Å². The average molecular weight is 421 g/mol. The maximum Gasteiger partial charge on any atom is 0.294 e. The third-order valence-corrected chi connectivity index (χ3v) is 7.19. The van der Waals surface area contributed by atoms with Crippen molar-refractivity contribution in [1.82, 2.24) is 0 Å². The van der Waals surface area contributed by atoms with E-state index in [0.29, 0.717) is 12.8 Å². The molecule has 1 unspecified atom stereocenters. The largest absolute Gasteiger partial charge is 0.372 e. The van der Waals surface area contributed by atoms with Crippen LogP contribution in [0.15, 0.2) is 0 Å². The summed E-state index contributed by atoms with van der Waals surface area (Å²) in [5, 5.41) is 10.3. The lowest BCUT2D eigenvalue weighted by Crippen LogP contribution is -2.38. The maximum atomic E-state index is 11.5. The Balaban J connectivity index is 3.58. The SMILES string of the molecule is CCCCCCCCCCCCCCCCCC(O)(CCCCC)S(=O)(=O)O. The molecular formula is C23H48O4S. The van der Waals surface area contributed by atoms with E-state index in [0.717, 1.165) is 25.7 Å². The van der Waals surface area contributed by atoms with E-state index in [-0.39, 0.29) is 12.8 Å². The van der Waals surface area contributed by atoms with Gasteiger partial charge in [0.05, 0.1) is 0 Å². The van der Waals surface area contributed by atoms with Gasteiger partial charge >= 0.3 is 0 Å². The van der Waals surface area contributed by atoms with E-state index in [2.05, 4.69) is 6.92 Å². The topological polar surface area (TPSA) is 74.6 Å². The van der Waals surface area contributed by atoms with Gasteiger partial charge in [0.2, 0.25) is 0 Å². The molecule has 0 saturated heterocycles. The lowest BCUT2D eigenvalue weighted by atomic mass is 10.0. The molecular weight excluding hydrogens is 372 g/mol. The molecule has 0 bridgehead atoms. The van der Waals surface area contributed by atoms with Gasteiger partial charge in [-0.3, -0.25) is 4.55 Å². The molecule has 0 aromatic carbocycles. The molecule has 0 heterocycles. The number of rotatable bonds is 21. The fraction of sp³-hybridized carbons (Fsp3) is 1.00. The summed E-state index contributed by atoms with van der Waals surface area (Å²) in [5.41, 5.74) is 0. The number of unbranched alkanes of at least 4 members (excludes halogenated alkanes) is 16. The van der Waals surface area contributed by atoms with E-state index in [9.17, 15) is 18.1 Å². The lowest BCUT2D eigenvalue weighted by Gasteiger charge is -2.24. The molecule has 2 N–H and O–H groups in total. The van der Waals surface area contributed by atoms with Gasteiger partial charge < -0.3 is 5.11 Å². The van der Waals surface area contributed by atoms with Gasteiger partial charge in [0, 0.05) is 0 Å². The van der Waals surface area contributed by atoms with Crippen LogP contribution in [0.3, 0.4) is 0 Å². The third kappa shape index (κ3) is 14.8. The molecule has 1 atom stereocenters. The molecule has 0 aliphatic heterocycles. The van der Waals surface area contributed by atoms with E-state index < -0.39 is 15.1 Å². The van der Waals surface area contributed by atoms with Crippen LogP contribution < -0.4 is 0 Å². The van der Waals surface area contributed by atoms with Crippen molar-refractivity contribution < 1.29 is 18.1 Å². The van der Waals surface area contributed by atoms with E-state index in [1.807, 2.05) is 6.92 Å². The van der Waals surface area contributed by atoms with Crippen LogP contribution >= 0.6 is 0 Å². The van der Waals surface area contributed by atoms with Gasteiger partial charge in [-0.05, 0) is 25.7 Å². The monoisotopic (exact) mass is 420 g/mol. The molecule has 0 aliphatic rings.